The van der Waals surface area contributed by atoms with Crippen molar-refractivity contribution >= 4 is 68.9 Å². The highest BCUT2D eigenvalue weighted by Gasteiger charge is 2.39. The van der Waals surface area contributed by atoms with Gasteiger partial charge in [-0.15, -0.1) is 12.4 Å². The number of aromatic amines is 1. The van der Waals surface area contributed by atoms with E-state index in [9.17, 15) is 14.4 Å². The molecule has 0 radical (unpaired) electrons. The quantitative estimate of drug-likeness (QED) is 0.295. The van der Waals surface area contributed by atoms with Crippen molar-refractivity contribution in [1.82, 2.24) is 9.97 Å². The molecule has 36 heavy (non-hydrogen) atoms. The maximum absolute atomic E-state index is 13.6. The van der Waals surface area contributed by atoms with E-state index in [1.807, 2.05) is 36.4 Å². The number of H-pyrrole nitrogens is 1. The number of nitrogens with one attached hydrogen (secondary N) is 1. The summed E-state index contributed by atoms with van der Waals surface area (Å²) in [7, 11) is 0. The first-order chi connectivity index (χ1) is 16.9. The monoisotopic (exact) mass is 584 g/mol. The Morgan fingerprint density at radius 2 is 1.81 bits per heavy atom. The van der Waals surface area contributed by atoms with Crippen LogP contribution in [0.5, 0.6) is 0 Å². The standard InChI is InChI=1S/C26H18BrClN4O3.ClH/c27-21-6-2-5-20-24(21)32(26(35)25(20)34)14-23(33)31(13-16-3-1-4-18(28)11-16)19-9-7-17(8-10-19)22-12-29-15-30-22;/h1-12,15H,13-14H2,(H,29,30);1H. The van der Waals surface area contributed by atoms with Gasteiger partial charge in [0, 0.05) is 26.9 Å². The van der Waals surface area contributed by atoms with Crippen LogP contribution >= 0.6 is 39.9 Å². The molecule has 0 saturated heterocycles. The van der Waals surface area contributed by atoms with Crippen molar-refractivity contribution < 1.29 is 14.4 Å². The summed E-state index contributed by atoms with van der Waals surface area (Å²) in [6.45, 7) is -0.0538. The summed E-state index contributed by atoms with van der Waals surface area (Å²) in [6.07, 6.45) is 3.39. The maximum atomic E-state index is 13.6. The van der Waals surface area contributed by atoms with Gasteiger partial charge in [0.2, 0.25) is 5.91 Å². The van der Waals surface area contributed by atoms with Gasteiger partial charge < -0.3 is 9.88 Å². The molecule has 10 heteroatoms. The van der Waals surface area contributed by atoms with Crippen LogP contribution in [0.15, 0.2) is 83.7 Å². The number of rotatable bonds is 6. The zero-order valence-corrected chi connectivity index (χ0v) is 21.8. The minimum atomic E-state index is -0.725. The van der Waals surface area contributed by atoms with Gasteiger partial charge in [-0.05, 0) is 57.9 Å². The molecule has 0 unspecified atom stereocenters. The Bertz CT molecular complexity index is 1440. The number of aromatic nitrogens is 2. The molecule has 0 atom stereocenters. The van der Waals surface area contributed by atoms with Gasteiger partial charge in [-0.2, -0.15) is 0 Å². The van der Waals surface area contributed by atoms with Crippen molar-refractivity contribution in [1.29, 1.82) is 0 Å². The number of nitrogens with zero attached hydrogens (tertiary/aromatic N) is 3. The predicted octanol–water partition coefficient (Wildman–Crippen LogP) is 5.68. The van der Waals surface area contributed by atoms with E-state index in [1.165, 1.54) is 4.90 Å². The van der Waals surface area contributed by atoms with Crippen LogP contribution in [0.25, 0.3) is 11.3 Å². The van der Waals surface area contributed by atoms with Gasteiger partial charge in [-0.3, -0.25) is 19.3 Å². The van der Waals surface area contributed by atoms with E-state index < -0.39 is 11.7 Å². The zero-order valence-electron chi connectivity index (χ0n) is 18.7. The molecule has 182 valence electrons. The van der Waals surface area contributed by atoms with Gasteiger partial charge in [0.1, 0.15) is 6.54 Å². The topological polar surface area (TPSA) is 86.4 Å². The summed E-state index contributed by atoms with van der Waals surface area (Å²) in [5.41, 5.74) is 3.83. The second kappa shape index (κ2) is 10.7. The number of carbonyl (C=O) groups is 3. The Labute approximate surface area is 226 Å². The number of hydrogen-bond acceptors (Lipinski definition) is 4. The summed E-state index contributed by atoms with van der Waals surface area (Å²) in [4.78, 5) is 48.9. The normalized spacial score (nSPS) is 12.3. The number of carbonyl (C=O) groups excluding carboxylic acids is 3. The fourth-order valence-electron chi connectivity index (χ4n) is 4.06. The molecule has 3 aromatic carbocycles. The molecule has 0 aliphatic carbocycles. The maximum Gasteiger partial charge on any atom is 0.299 e. The van der Waals surface area contributed by atoms with Crippen LogP contribution in [0.2, 0.25) is 5.02 Å². The first kappa shape index (κ1) is 25.6. The SMILES string of the molecule is Cl.O=C1C(=O)N(CC(=O)N(Cc2cccc(Cl)c2)c2ccc(-c3c[nH]cn3)cc2)c2c(Br)cccc21. The third-order valence-corrected chi connectivity index (χ3v) is 6.61. The number of imidazole rings is 1. The zero-order chi connectivity index (χ0) is 24.5. The predicted molar refractivity (Wildman–Crippen MR) is 145 cm³/mol. The molecule has 0 bridgehead atoms. The van der Waals surface area contributed by atoms with Gasteiger partial charge in [-0.25, -0.2) is 4.98 Å². The van der Waals surface area contributed by atoms with E-state index in [4.69, 9.17) is 11.6 Å². The number of halogens is 3. The van der Waals surface area contributed by atoms with Crippen LogP contribution in [0.3, 0.4) is 0 Å². The molecule has 2 heterocycles. The first-order valence-corrected chi connectivity index (χ1v) is 11.9. The van der Waals surface area contributed by atoms with Crippen LogP contribution in [0, 0.1) is 0 Å². The number of para-hydroxylation sites is 1. The van der Waals surface area contributed by atoms with Crippen LogP contribution in [-0.4, -0.2) is 34.1 Å². The average molecular weight is 586 g/mol. The molecule has 0 fully saturated rings. The van der Waals surface area contributed by atoms with Crippen LogP contribution in [-0.2, 0) is 16.1 Å². The van der Waals surface area contributed by atoms with Crippen molar-refractivity contribution in [2.24, 2.45) is 0 Å². The highest BCUT2D eigenvalue weighted by Crippen LogP contribution is 2.36. The van der Waals surface area contributed by atoms with Gasteiger partial charge in [-0.1, -0.05) is 41.9 Å². The van der Waals surface area contributed by atoms with E-state index in [0.717, 1.165) is 16.8 Å². The van der Waals surface area contributed by atoms with E-state index in [-0.39, 0.29) is 37.0 Å². The number of Topliss-reactive ketones (excluding diaryl/α,β-unsaturated/α-hetero) is 1. The fourth-order valence-corrected chi connectivity index (χ4v) is 4.85. The van der Waals surface area contributed by atoms with Gasteiger partial charge in [0.15, 0.2) is 0 Å². The lowest BCUT2D eigenvalue weighted by Crippen LogP contribution is -2.42. The largest absolute Gasteiger partial charge is 0.351 e. The number of hydrogen-bond donors (Lipinski definition) is 1. The summed E-state index contributed by atoms with van der Waals surface area (Å²) < 4.78 is 0.576. The summed E-state index contributed by atoms with van der Waals surface area (Å²) in [5.74, 6) is -1.70. The average Bonchev–Trinajstić information content (AvgIpc) is 3.47. The molecule has 1 aromatic heterocycles. The van der Waals surface area contributed by atoms with Gasteiger partial charge in [0.05, 0.1) is 29.8 Å². The second-order valence-corrected chi connectivity index (χ2v) is 9.26. The molecule has 2 amide bonds. The van der Waals surface area contributed by atoms with E-state index in [1.54, 1.807) is 47.8 Å². The lowest BCUT2D eigenvalue weighted by Gasteiger charge is -2.26. The number of ketones is 1. The van der Waals surface area contributed by atoms with Crippen molar-refractivity contribution in [3.8, 4) is 11.3 Å². The third kappa shape index (κ3) is 4.93. The molecule has 0 saturated carbocycles. The minimum Gasteiger partial charge on any atom is -0.351 e. The van der Waals surface area contributed by atoms with Crippen LogP contribution in [0.1, 0.15) is 15.9 Å². The molecular formula is C26H19BrCl2N4O3. The molecule has 1 aliphatic heterocycles. The summed E-state index contributed by atoms with van der Waals surface area (Å²) in [5, 5.41) is 0.557. The Balaban J connectivity index is 0.00000304. The summed E-state index contributed by atoms with van der Waals surface area (Å²) in [6, 6.07) is 19.7. The molecular weight excluding hydrogens is 567 g/mol. The fraction of sp³-hybridized carbons (Fsp3) is 0.0769. The van der Waals surface area contributed by atoms with E-state index in [2.05, 4.69) is 25.9 Å². The number of benzene rings is 3. The van der Waals surface area contributed by atoms with Crippen molar-refractivity contribution in [2.75, 3.05) is 16.3 Å². The lowest BCUT2D eigenvalue weighted by molar-refractivity contribution is -0.120. The Hall–Kier alpha value is -3.46. The lowest BCUT2D eigenvalue weighted by atomic mass is 10.1. The second-order valence-electron chi connectivity index (χ2n) is 7.97. The smallest absolute Gasteiger partial charge is 0.299 e. The summed E-state index contributed by atoms with van der Waals surface area (Å²) >= 11 is 9.58. The molecule has 7 nitrogen and oxygen atoms in total. The minimum absolute atomic E-state index is 0. The molecule has 1 N–H and O–H groups in total. The Kier molecular flexibility index (Phi) is 7.59. The Morgan fingerprint density at radius 1 is 1.06 bits per heavy atom. The highest BCUT2D eigenvalue weighted by atomic mass is 79.9. The highest BCUT2D eigenvalue weighted by molar-refractivity contribution is 9.10. The first-order valence-electron chi connectivity index (χ1n) is 10.7. The Morgan fingerprint density at radius 3 is 2.50 bits per heavy atom. The van der Waals surface area contributed by atoms with E-state index in [0.29, 0.717) is 20.9 Å². The number of anilines is 2. The van der Waals surface area contributed by atoms with E-state index >= 15 is 0 Å². The van der Waals surface area contributed by atoms with Crippen molar-refractivity contribution in [3.05, 3.63) is 99.9 Å². The third-order valence-electron chi connectivity index (χ3n) is 5.74. The molecule has 0 spiro atoms. The van der Waals surface area contributed by atoms with Gasteiger partial charge >= 0.3 is 0 Å². The number of amides is 2. The van der Waals surface area contributed by atoms with Crippen LogP contribution in [0.4, 0.5) is 11.4 Å². The molecule has 4 aromatic rings. The van der Waals surface area contributed by atoms with Crippen molar-refractivity contribution in [3.63, 3.8) is 0 Å². The van der Waals surface area contributed by atoms with Crippen LogP contribution < -0.4 is 9.80 Å². The van der Waals surface area contributed by atoms with Gasteiger partial charge in [0.25, 0.3) is 11.7 Å². The molecule has 1 aliphatic rings. The molecule has 5 rings (SSSR count). The number of fused-ring (bicyclic) bond motifs is 1. The van der Waals surface area contributed by atoms with Crippen molar-refractivity contribution in [2.45, 2.75) is 6.54 Å².